The Morgan fingerprint density at radius 1 is 1.26 bits per heavy atom. The molecule has 1 unspecified atom stereocenters. The molecular formula is C19H23N3O5. The number of carboxylic acid groups (broad SMARTS) is 1. The van der Waals surface area contributed by atoms with Gasteiger partial charge in [-0.05, 0) is 25.5 Å². The van der Waals surface area contributed by atoms with Crippen LogP contribution in [0.1, 0.15) is 23.8 Å². The van der Waals surface area contributed by atoms with Crippen molar-refractivity contribution in [3.63, 3.8) is 0 Å². The number of nitrogens with zero attached hydrogens (tertiary/aromatic N) is 3. The van der Waals surface area contributed by atoms with E-state index in [9.17, 15) is 14.7 Å². The van der Waals surface area contributed by atoms with Crippen LogP contribution < -0.4 is 4.74 Å². The summed E-state index contributed by atoms with van der Waals surface area (Å²) >= 11 is 0. The lowest BCUT2D eigenvalue weighted by Crippen LogP contribution is -2.35. The first-order valence-electron chi connectivity index (χ1n) is 8.74. The van der Waals surface area contributed by atoms with Gasteiger partial charge in [-0.1, -0.05) is 18.2 Å². The summed E-state index contributed by atoms with van der Waals surface area (Å²) in [7, 11) is 1.57. The highest BCUT2D eigenvalue weighted by atomic mass is 16.5. The van der Waals surface area contributed by atoms with Gasteiger partial charge in [0, 0.05) is 20.2 Å². The third-order valence-electron chi connectivity index (χ3n) is 4.73. The summed E-state index contributed by atoms with van der Waals surface area (Å²) in [5, 5.41) is 13.8. The summed E-state index contributed by atoms with van der Waals surface area (Å²) in [6.45, 7) is 2.84. The van der Waals surface area contributed by atoms with Crippen molar-refractivity contribution in [1.82, 2.24) is 14.7 Å². The molecule has 27 heavy (non-hydrogen) atoms. The molecule has 1 aliphatic heterocycles. The zero-order chi connectivity index (χ0) is 19.4. The van der Waals surface area contributed by atoms with Crippen molar-refractivity contribution in [1.29, 1.82) is 0 Å². The van der Waals surface area contributed by atoms with Gasteiger partial charge in [0.15, 0.2) is 11.4 Å². The molecule has 0 spiro atoms. The minimum absolute atomic E-state index is 0.150. The molecule has 3 rings (SSSR count). The summed E-state index contributed by atoms with van der Waals surface area (Å²) in [6, 6.07) is 9.40. The summed E-state index contributed by atoms with van der Waals surface area (Å²) in [5.74, 6) is -0.879. The minimum Gasteiger partial charge on any atom is -0.487 e. The van der Waals surface area contributed by atoms with Gasteiger partial charge in [-0.3, -0.25) is 9.59 Å². The number of carbonyl (C=O) groups excluding carboxylic acids is 1. The number of methoxy groups -OCH3 is 1. The lowest BCUT2D eigenvalue weighted by Gasteiger charge is -2.19. The van der Waals surface area contributed by atoms with E-state index in [2.05, 4.69) is 5.10 Å². The van der Waals surface area contributed by atoms with Crippen molar-refractivity contribution in [2.24, 2.45) is 5.41 Å². The van der Waals surface area contributed by atoms with Gasteiger partial charge in [0.2, 0.25) is 0 Å². The van der Waals surface area contributed by atoms with Gasteiger partial charge in [0.05, 0.1) is 23.9 Å². The average Bonchev–Trinajstić information content (AvgIpc) is 3.27. The highest BCUT2D eigenvalue weighted by molar-refractivity contribution is 5.95. The first kappa shape index (κ1) is 18.9. The van der Waals surface area contributed by atoms with Gasteiger partial charge in [0.25, 0.3) is 5.91 Å². The van der Waals surface area contributed by atoms with Gasteiger partial charge in [-0.25, -0.2) is 4.68 Å². The number of para-hydroxylation sites is 1. The minimum atomic E-state index is -0.936. The van der Waals surface area contributed by atoms with Crippen molar-refractivity contribution in [2.45, 2.75) is 13.3 Å². The number of rotatable bonds is 7. The van der Waals surface area contributed by atoms with E-state index in [1.54, 1.807) is 24.9 Å². The molecule has 0 saturated carbocycles. The van der Waals surface area contributed by atoms with E-state index in [0.29, 0.717) is 25.3 Å². The third-order valence-corrected chi connectivity index (χ3v) is 4.73. The Morgan fingerprint density at radius 2 is 2.00 bits per heavy atom. The monoisotopic (exact) mass is 373 g/mol. The molecule has 1 saturated heterocycles. The molecule has 1 amide bonds. The normalized spacial score (nSPS) is 19.3. The highest BCUT2D eigenvalue weighted by Gasteiger charge is 2.43. The zero-order valence-corrected chi connectivity index (χ0v) is 15.4. The topological polar surface area (TPSA) is 93.9 Å². The Labute approximate surface area is 157 Å². The first-order chi connectivity index (χ1) is 12.9. The van der Waals surface area contributed by atoms with E-state index in [1.807, 2.05) is 30.3 Å². The van der Waals surface area contributed by atoms with Crippen LogP contribution in [0.3, 0.4) is 0 Å². The fourth-order valence-corrected chi connectivity index (χ4v) is 3.02. The van der Waals surface area contributed by atoms with Crippen LogP contribution in [-0.2, 0) is 9.53 Å². The number of carboxylic acids is 1. The Morgan fingerprint density at radius 3 is 2.63 bits per heavy atom. The Hall–Kier alpha value is -2.87. The number of aromatic nitrogens is 2. The van der Waals surface area contributed by atoms with Crippen molar-refractivity contribution in [2.75, 3.05) is 33.4 Å². The van der Waals surface area contributed by atoms with Crippen LogP contribution in [0, 0.1) is 5.41 Å². The molecule has 8 heteroatoms. The maximum Gasteiger partial charge on any atom is 0.311 e. The molecule has 0 bridgehead atoms. The fraction of sp³-hybridized carbons (Fsp3) is 0.421. The second-order valence-corrected chi connectivity index (χ2v) is 6.81. The predicted molar refractivity (Wildman–Crippen MR) is 97.2 cm³/mol. The predicted octanol–water partition coefficient (Wildman–Crippen LogP) is 1.83. The van der Waals surface area contributed by atoms with Gasteiger partial charge >= 0.3 is 5.97 Å². The van der Waals surface area contributed by atoms with Crippen LogP contribution in [0.5, 0.6) is 5.75 Å². The van der Waals surface area contributed by atoms with Crippen molar-refractivity contribution < 1.29 is 24.2 Å². The smallest absolute Gasteiger partial charge is 0.311 e. The van der Waals surface area contributed by atoms with E-state index in [0.717, 1.165) is 5.69 Å². The molecule has 0 radical (unpaired) electrons. The number of amides is 1. The summed E-state index contributed by atoms with van der Waals surface area (Å²) < 4.78 is 12.3. The molecule has 144 valence electrons. The molecular weight excluding hydrogens is 350 g/mol. The maximum atomic E-state index is 13.0. The van der Waals surface area contributed by atoms with E-state index in [4.69, 9.17) is 9.47 Å². The lowest BCUT2D eigenvalue weighted by atomic mass is 9.90. The van der Waals surface area contributed by atoms with Gasteiger partial charge < -0.3 is 19.5 Å². The summed E-state index contributed by atoms with van der Waals surface area (Å²) in [4.78, 5) is 26.0. The van der Waals surface area contributed by atoms with E-state index in [1.165, 1.54) is 4.90 Å². The number of hydrogen-bond donors (Lipinski definition) is 1. The number of hydrogen-bond acceptors (Lipinski definition) is 5. The van der Waals surface area contributed by atoms with Crippen LogP contribution in [0.4, 0.5) is 0 Å². The van der Waals surface area contributed by atoms with Crippen molar-refractivity contribution in [3.8, 4) is 11.4 Å². The fourth-order valence-electron chi connectivity index (χ4n) is 3.02. The molecule has 1 aromatic heterocycles. The molecule has 2 aromatic rings. The van der Waals surface area contributed by atoms with E-state index in [-0.39, 0.29) is 24.8 Å². The standard InChI is InChI=1S/C19H23N3O5/c1-19(18(24)25)8-9-21(13-19)17(23)16-15(27-11-10-26-2)12-22(20-16)14-6-4-3-5-7-14/h3-7,12H,8-11,13H2,1-2H3,(H,24,25). The number of likely N-dealkylation sites (tertiary alicyclic amines) is 1. The summed E-state index contributed by atoms with van der Waals surface area (Å²) in [6.07, 6.45) is 2.07. The molecule has 2 heterocycles. The SMILES string of the molecule is COCCOc1cn(-c2ccccc2)nc1C(=O)N1CCC(C)(C(=O)O)C1. The van der Waals surface area contributed by atoms with Crippen LogP contribution in [0.2, 0.25) is 0 Å². The Bertz CT molecular complexity index is 820. The molecule has 1 aliphatic rings. The van der Waals surface area contributed by atoms with E-state index < -0.39 is 11.4 Å². The van der Waals surface area contributed by atoms with Crippen LogP contribution >= 0.6 is 0 Å². The Kier molecular flexibility index (Phi) is 5.46. The number of ether oxygens (including phenoxy) is 2. The largest absolute Gasteiger partial charge is 0.487 e. The van der Waals surface area contributed by atoms with E-state index >= 15 is 0 Å². The quantitative estimate of drug-likeness (QED) is 0.744. The average molecular weight is 373 g/mol. The van der Waals surface area contributed by atoms with Gasteiger partial charge in [-0.15, -0.1) is 0 Å². The van der Waals surface area contributed by atoms with Crippen molar-refractivity contribution >= 4 is 11.9 Å². The number of aliphatic carboxylic acids is 1. The number of benzene rings is 1. The zero-order valence-electron chi connectivity index (χ0n) is 15.4. The molecule has 0 aliphatic carbocycles. The maximum absolute atomic E-state index is 13.0. The second-order valence-electron chi connectivity index (χ2n) is 6.81. The first-order valence-corrected chi connectivity index (χ1v) is 8.74. The van der Waals surface area contributed by atoms with Crippen LogP contribution in [-0.4, -0.2) is 65.1 Å². The van der Waals surface area contributed by atoms with Crippen LogP contribution in [0.15, 0.2) is 36.5 Å². The second kappa shape index (κ2) is 7.79. The van der Waals surface area contributed by atoms with Crippen molar-refractivity contribution in [3.05, 3.63) is 42.2 Å². The molecule has 1 N–H and O–H groups in total. The van der Waals surface area contributed by atoms with Gasteiger partial charge in [0.1, 0.15) is 6.61 Å². The Balaban J connectivity index is 1.87. The highest BCUT2D eigenvalue weighted by Crippen LogP contribution is 2.32. The third kappa shape index (κ3) is 3.95. The van der Waals surface area contributed by atoms with Crippen LogP contribution in [0.25, 0.3) is 5.69 Å². The number of carbonyl (C=O) groups is 2. The molecule has 1 fully saturated rings. The lowest BCUT2D eigenvalue weighted by molar-refractivity contribution is -0.147. The van der Waals surface area contributed by atoms with Gasteiger partial charge in [-0.2, -0.15) is 5.10 Å². The summed E-state index contributed by atoms with van der Waals surface area (Å²) in [5.41, 5.74) is 0.0314. The molecule has 1 aromatic carbocycles. The molecule has 8 nitrogen and oxygen atoms in total. The molecule has 1 atom stereocenters.